The predicted octanol–water partition coefficient (Wildman–Crippen LogP) is 2.61. The minimum absolute atomic E-state index is 0.213. The fraction of sp³-hybridized carbons (Fsp3) is 0.600. The van der Waals surface area contributed by atoms with Crippen LogP contribution < -0.4 is 10.1 Å². The Balaban J connectivity index is 1.44. The largest absolute Gasteiger partial charge is 0.435 e. The van der Waals surface area contributed by atoms with E-state index in [0.29, 0.717) is 6.04 Å². The van der Waals surface area contributed by atoms with Crippen LogP contribution in [0.15, 0.2) is 24.3 Å². The molecule has 1 saturated heterocycles. The van der Waals surface area contributed by atoms with Gasteiger partial charge in [0.05, 0.1) is 0 Å². The molecule has 1 aliphatic carbocycles. The monoisotopic (exact) mass is 282 g/mol. The molecular weight excluding hydrogens is 262 g/mol. The first kappa shape index (κ1) is 13.8. The second-order valence-corrected chi connectivity index (χ2v) is 5.62. The number of likely N-dealkylation sites (tertiary alicyclic amines) is 1. The van der Waals surface area contributed by atoms with E-state index in [-0.39, 0.29) is 5.75 Å². The molecule has 1 N–H and O–H groups in total. The third-order valence-corrected chi connectivity index (χ3v) is 4.03. The summed E-state index contributed by atoms with van der Waals surface area (Å²) < 4.78 is 28.4. The summed E-state index contributed by atoms with van der Waals surface area (Å²) in [4.78, 5) is 2.57. The smallest absolute Gasteiger partial charge is 0.387 e. The molecule has 20 heavy (non-hydrogen) atoms. The van der Waals surface area contributed by atoms with Gasteiger partial charge >= 0.3 is 6.61 Å². The van der Waals surface area contributed by atoms with Gasteiger partial charge in [-0.1, -0.05) is 12.1 Å². The molecule has 0 spiro atoms. The van der Waals surface area contributed by atoms with E-state index < -0.39 is 6.61 Å². The van der Waals surface area contributed by atoms with E-state index in [1.54, 1.807) is 12.1 Å². The highest BCUT2D eigenvalue weighted by Gasteiger charge is 2.33. The van der Waals surface area contributed by atoms with Crippen molar-refractivity contribution in [2.75, 3.05) is 13.1 Å². The van der Waals surface area contributed by atoms with Crippen molar-refractivity contribution in [2.24, 2.45) is 0 Å². The summed E-state index contributed by atoms with van der Waals surface area (Å²) in [5, 5.41) is 3.54. The van der Waals surface area contributed by atoms with Gasteiger partial charge in [-0.05, 0) is 37.0 Å². The average molecular weight is 282 g/mol. The number of hydrogen-bond acceptors (Lipinski definition) is 3. The minimum Gasteiger partial charge on any atom is -0.435 e. The van der Waals surface area contributed by atoms with Crippen LogP contribution in [-0.4, -0.2) is 36.7 Å². The highest BCUT2D eigenvalue weighted by molar-refractivity contribution is 5.27. The Bertz CT molecular complexity index is 434. The van der Waals surface area contributed by atoms with Gasteiger partial charge in [0.15, 0.2) is 0 Å². The van der Waals surface area contributed by atoms with Gasteiger partial charge in [-0.25, -0.2) is 0 Å². The number of ether oxygens (including phenoxy) is 1. The molecule has 1 aliphatic heterocycles. The van der Waals surface area contributed by atoms with Crippen LogP contribution in [-0.2, 0) is 6.54 Å². The van der Waals surface area contributed by atoms with E-state index >= 15 is 0 Å². The molecule has 0 aromatic heterocycles. The van der Waals surface area contributed by atoms with Crippen molar-refractivity contribution >= 4 is 0 Å². The van der Waals surface area contributed by atoms with E-state index in [0.717, 1.165) is 24.7 Å². The molecular formula is C15H20F2N2O. The zero-order valence-electron chi connectivity index (χ0n) is 11.4. The topological polar surface area (TPSA) is 24.5 Å². The zero-order chi connectivity index (χ0) is 13.9. The lowest BCUT2D eigenvalue weighted by Gasteiger charge is -2.16. The van der Waals surface area contributed by atoms with Gasteiger partial charge in [0.1, 0.15) is 5.75 Å². The Hall–Kier alpha value is -1.20. The number of alkyl halides is 2. The van der Waals surface area contributed by atoms with Crippen LogP contribution in [0.3, 0.4) is 0 Å². The van der Waals surface area contributed by atoms with E-state index in [4.69, 9.17) is 0 Å². The molecule has 1 aromatic rings. The summed E-state index contributed by atoms with van der Waals surface area (Å²) in [6.07, 6.45) is 3.92. The second-order valence-electron chi connectivity index (χ2n) is 5.62. The molecule has 0 radical (unpaired) electrons. The maximum atomic E-state index is 12.0. The summed E-state index contributed by atoms with van der Waals surface area (Å²) in [6, 6.07) is 8.24. The number of halogens is 2. The summed E-state index contributed by atoms with van der Waals surface area (Å²) in [6.45, 7) is 0.352. The van der Waals surface area contributed by atoms with E-state index in [2.05, 4.69) is 15.0 Å². The van der Waals surface area contributed by atoms with Crippen molar-refractivity contribution in [1.82, 2.24) is 10.2 Å². The van der Waals surface area contributed by atoms with Crippen LogP contribution in [0.1, 0.15) is 24.8 Å². The summed E-state index contributed by atoms with van der Waals surface area (Å²) >= 11 is 0. The van der Waals surface area contributed by atoms with Crippen molar-refractivity contribution < 1.29 is 13.5 Å². The van der Waals surface area contributed by atoms with Crippen molar-refractivity contribution in [3.05, 3.63) is 29.8 Å². The van der Waals surface area contributed by atoms with Gasteiger partial charge in [-0.2, -0.15) is 8.78 Å². The van der Waals surface area contributed by atoms with E-state index in [9.17, 15) is 8.78 Å². The molecule has 0 amide bonds. The lowest BCUT2D eigenvalue weighted by Crippen LogP contribution is -2.32. The van der Waals surface area contributed by atoms with Crippen LogP contribution >= 0.6 is 0 Å². The fourth-order valence-electron chi connectivity index (χ4n) is 2.78. The first-order valence-corrected chi connectivity index (χ1v) is 7.22. The Morgan fingerprint density at radius 3 is 2.60 bits per heavy atom. The van der Waals surface area contributed by atoms with Crippen molar-refractivity contribution in [3.63, 3.8) is 0 Å². The van der Waals surface area contributed by atoms with Crippen molar-refractivity contribution in [2.45, 2.75) is 44.5 Å². The third-order valence-electron chi connectivity index (χ3n) is 4.03. The molecule has 5 heteroatoms. The van der Waals surface area contributed by atoms with Crippen molar-refractivity contribution in [1.29, 1.82) is 0 Å². The Morgan fingerprint density at radius 2 is 1.95 bits per heavy atom. The van der Waals surface area contributed by atoms with Gasteiger partial charge in [-0.3, -0.25) is 4.90 Å². The molecule has 1 aromatic carbocycles. The van der Waals surface area contributed by atoms with Crippen LogP contribution in [0.4, 0.5) is 8.78 Å². The van der Waals surface area contributed by atoms with Crippen LogP contribution in [0.25, 0.3) is 0 Å². The van der Waals surface area contributed by atoms with Gasteiger partial charge in [0.25, 0.3) is 0 Å². The minimum atomic E-state index is -2.76. The van der Waals surface area contributed by atoms with Gasteiger partial charge in [0, 0.05) is 31.7 Å². The quantitative estimate of drug-likeness (QED) is 0.868. The SMILES string of the molecule is FC(F)Oc1ccc(CNC2CCN(C3CC3)C2)cc1. The van der Waals surface area contributed by atoms with Gasteiger partial charge < -0.3 is 10.1 Å². The van der Waals surface area contributed by atoms with Gasteiger partial charge in [-0.15, -0.1) is 0 Å². The fourth-order valence-corrected chi connectivity index (χ4v) is 2.78. The second kappa shape index (κ2) is 6.06. The molecule has 1 heterocycles. The lowest BCUT2D eigenvalue weighted by molar-refractivity contribution is -0.0498. The molecule has 3 nitrogen and oxygen atoms in total. The average Bonchev–Trinajstić information content (AvgIpc) is 3.17. The summed E-state index contributed by atoms with van der Waals surface area (Å²) in [7, 11) is 0. The highest BCUT2D eigenvalue weighted by atomic mass is 19.3. The first-order valence-electron chi connectivity index (χ1n) is 7.22. The molecule has 0 bridgehead atoms. The van der Waals surface area contributed by atoms with Crippen LogP contribution in [0, 0.1) is 0 Å². The number of rotatable bonds is 6. The van der Waals surface area contributed by atoms with Crippen LogP contribution in [0.2, 0.25) is 0 Å². The Kier molecular flexibility index (Phi) is 4.17. The summed E-state index contributed by atoms with van der Waals surface area (Å²) in [5.41, 5.74) is 1.09. The molecule has 1 unspecified atom stereocenters. The predicted molar refractivity (Wildman–Crippen MR) is 72.9 cm³/mol. The Morgan fingerprint density at radius 1 is 1.20 bits per heavy atom. The standard InChI is InChI=1S/C15H20F2N2O/c16-15(17)20-14-5-1-11(2-6-14)9-18-12-7-8-19(10-12)13-3-4-13/h1-2,5-6,12-13,15,18H,3-4,7-10H2. The number of nitrogens with zero attached hydrogens (tertiary/aromatic N) is 1. The van der Waals surface area contributed by atoms with Crippen LogP contribution in [0.5, 0.6) is 5.75 Å². The molecule has 110 valence electrons. The molecule has 1 saturated carbocycles. The lowest BCUT2D eigenvalue weighted by atomic mass is 10.2. The van der Waals surface area contributed by atoms with E-state index in [1.807, 2.05) is 12.1 Å². The van der Waals surface area contributed by atoms with Crippen molar-refractivity contribution in [3.8, 4) is 5.75 Å². The number of nitrogens with one attached hydrogen (secondary N) is 1. The maximum Gasteiger partial charge on any atom is 0.387 e. The van der Waals surface area contributed by atoms with E-state index in [1.165, 1.54) is 25.8 Å². The highest BCUT2D eigenvalue weighted by Crippen LogP contribution is 2.29. The van der Waals surface area contributed by atoms with Gasteiger partial charge in [0.2, 0.25) is 0 Å². The number of hydrogen-bond donors (Lipinski definition) is 1. The molecule has 2 fully saturated rings. The molecule has 2 aliphatic rings. The molecule has 1 atom stereocenters. The summed E-state index contributed by atoms with van der Waals surface area (Å²) in [5.74, 6) is 0.213. The third kappa shape index (κ3) is 3.67. The zero-order valence-corrected chi connectivity index (χ0v) is 11.4. The molecule has 3 rings (SSSR count). The maximum absolute atomic E-state index is 12.0. The normalized spacial score (nSPS) is 23.4. The number of benzene rings is 1. The Labute approximate surface area is 117 Å². The first-order chi connectivity index (χ1) is 9.70.